The van der Waals surface area contributed by atoms with E-state index in [1.54, 1.807) is 17.8 Å². The Morgan fingerprint density at radius 1 is 1.03 bits per heavy atom. The standard InChI is InChI=1S/C44H47F2N11O5/c1-53-37-27(6-3-7-32(37)57(44(53)61)33-12-13-35(58)49-43(33)60)5-2-4-25-14-17-54(18-15-25)22-26-8-10-28(11-9-26)39-50-36(38(45)46)40(51-39)52-42(59)31-21-47-56-19-16-34(48-41(31)56)55-23-30-20-29(55)24-62-30/h3,6-11,16,19,21,25,29-30,33,38-39H,2,4-5,12-15,17-18,20,22-24H2,1H3,(H,49,58,60)(H,51,52,59)/t29-,30-,33?,39?/m1/s1. The molecular formula is C44H47F2N11O5. The number of imidazole rings is 1. The van der Waals surface area contributed by atoms with E-state index in [4.69, 9.17) is 9.72 Å². The highest BCUT2D eigenvalue weighted by molar-refractivity contribution is 6.46. The number of rotatable bonds is 11. The lowest BCUT2D eigenvalue weighted by Gasteiger charge is -2.32. The van der Waals surface area contributed by atoms with Gasteiger partial charge in [-0.3, -0.25) is 33.7 Å². The van der Waals surface area contributed by atoms with Gasteiger partial charge in [-0.05, 0) is 86.4 Å². The molecule has 8 heterocycles. The first kappa shape index (κ1) is 40.0. The number of piperidine rings is 2. The molecule has 5 aliphatic heterocycles. The summed E-state index contributed by atoms with van der Waals surface area (Å²) in [5, 5.41) is 9.20. The van der Waals surface area contributed by atoms with Crippen molar-refractivity contribution in [3.63, 3.8) is 0 Å². The molecule has 322 valence electrons. The number of carbonyl (C=O) groups is 3. The number of benzene rings is 2. The minimum atomic E-state index is -2.94. The van der Waals surface area contributed by atoms with Gasteiger partial charge in [0.2, 0.25) is 11.8 Å². The Kier molecular flexibility index (Phi) is 10.5. The van der Waals surface area contributed by atoms with Crippen molar-refractivity contribution in [3.05, 3.63) is 93.7 Å². The number of ether oxygens (including phenoxy) is 1. The van der Waals surface area contributed by atoms with Gasteiger partial charge in [-0.25, -0.2) is 33.1 Å². The van der Waals surface area contributed by atoms with E-state index in [2.05, 4.69) is 41.6 Å². The summed E-state index contributed by atoms with van der Waals surface area (Å²) in [7, 11) is 1.74. The van der Waals surface area contributed by atoms with Crippen LogP contribution in [0.2, 0.25) is 0 Å². The molecule has 2 bridgehead atoms. The van der Waals surface area contributed by atoms with E-state index in [9.17, 15) is 28.0 Å². The third kappa shape index (κ3) is 7.48. The number of aromatic nitrogens is 5. The van der Waals surface area contributed by atoms with E-state index in [1.165, 1.54) is 15.3 Å². The number of hydrogen-bond acceptors (Lipinski definition) is 11. The first-order valence-electron chi connectivity index (χ1n) is 21.4. The van der Waals surface area contributed by atoms with Crippen molar-refractivity contribution in [2.75, 3.05) is 31.1 Å². The van der Waals surface area contributed by atoms with Crippen molar-refractivity contribution in [2.45, 2.75) is 88.7 Å². The lowest BCUT2D eigenvalue weighted by Crippen LogP contribution is -2.44. The number of carbonyl (C=O) groups excluding carboxylic acids is 3. The number of amides is 3. The van der Waals surface area contributed by atoms with Gasteiger partial charge < -0.3 is 15.0 Å². The van der Waals surface area contributed by atoms with Crippen molar-refractivity contribution < 1.29 is 27.9 Å². The first-order chi connectivity index (χ1) is 30.1. The number of nitrogens with one attached hydrogen (secondary N) is 2. The molecular weight excluding hydrogens is 801 g/mol. The number of amidine groups is 1. The van der Waals surface area contributed by atoms with Gasteiger partial charge in [0.15, 0.2) is 17.6 Å². The summed E-state index contributed by atoms with van der Waals surface area (Å²) in [6, 6.07) is 14.9. The number of alkyl halides is 2. The molecule has 4 atom stereocenters. The Labute approximate surface area is 354 Å². The number of likely N-dealkylation sites (tertiary alicyclic amines) is 1. The summed E-state index contributed by atoms with van der Waals surface area (Å²) in [5.41, 5.74) is 4.00. The largest absolute Gasteiger partial charge is 0.374 e. The topological polar surface area (TPSA) is 173 Å². The Balaban J connectivity index is 0.728. The number of anilines is 1. The zero-order chi connectivity index (χ0) is 42.6. The molecule has 0 saturated carbocycles. The van der Waals surface area contributed by atoms with E-state index in [0.29, 0.717) is 41.5 Å². The molecule has 0 spiro atoms. The highest BCUT2D eigenvalue weighted by Crippen LogP contribution is 2.33. The predicted octanol–water partition coefficient (Wildman–Crippen LogP) is 4.12. The number of fused-ring (bicyclic) bond motifs is 4. The van der Waals surface area contributed by atoms with Gasteiger partial charge in [-0.2, -0.15) is 5.10 Å². The SMILES string of the molecule is Cn1c(=O)n(C2CCC(=O)NC2=O)c2cccc(CCCC3CCN(Cc4ccc(C5N=C(NC(=O)c6cnn7ccc(N8C[C@H]9C[C@@H]8CO9)nc67)C(C(F)F)=N5)cc4)CC3)c21. The normalized spacial score (nSPS) is 23.2. The average Bonchev–Trinajstić information content (AvgIpc) is 4.12. The van der Waals surface area contributed by atoms with Crippen LogP contribution in [0.4, 0.5) is 14.6 Å². The summed E-state index contributed by atoms with van der Waals surface area (Å²) in [6.45, 7) is 4.03. The van der Waals surface area contributed by atoms with Crippen LogP contribution in [0.15, 0.2) is 75.7 Å². The molecule has 3 amide bonds. The summed E-state index contributed by atoms with van der Waals surface area (Å²) >= 11 is 0. The molecule has 16 nitrogen and oxygen atoms in total. The fourth-order valence-corrected chi connectivity index (χ4v) is 9.87. The molecule has 0 aliphatic carbocycles. The van der Waals surface area contributed by atoms with E-state index in [-0.39, 0.29) is 41.6 Å². The summed E-state index contributed by atoms with van der Waals surface area (Å²) in [5.74, 6) is -0.362. The van der Waals surface area contributed by atoms with Crippen molar-refractivity contribution in [1.29, 1.82) is 0 Å². The molecule has 3 aromatic heterocycles. The molecule has 2 aromatic carbocycles. The number of nitrogens with zero attached hydrogens (tertiary/aromatic N) is 9. The second-order valence-electron chi connectivity index (χ2n) is 17.0. The molecule has 2 unspecified atom stereocenters. The van der Waals surface area contributed by atoms with Gasteiger partial charge >= 0.3 is 5.69 Å². The zero-order valence-electron chi connectivity index (χ0n) is 34.3. The smallest absolute Gasteiger partial charge is 0.329 e. The van der Waals surface area contributed by atoms with Gasteiger partial charge in [-0.1, -0.05) is 42.8 Å². The summed E-state index contributed by atoms with van der Waals surface area (Å²) < 4.78 is 38.8. The van der Waals surface area contributed by atoms with Crippen LogP contribution in [-0.4, -0.2) is 103 Å². The van der Waals surface area contributed by atoms with Crippen LogP contribution in [0.5, 0.6) is 0 Å². The van der Waals surface area contributed by atoms with Crippen LogP contribution >= 0.6 is 0 Å². The van der Waals surface area contributed by atoms with E-state index in [1.807, 2.05) is 42.5 Å². The second-order valence-corrected chi connectivity index (χ2v) is 17.0. The highest BCUT2D eigenvalue weighted by atomic mass is 19.3. The van der Waals surface area contributed by atoms with Crippen molar-refractivity contribution in [2.24, 2.45) is 23.0 Å². The summed E-state index contributed by atoms with van der Waals surface area (Å²) in [4.78, 5) is 69.1. The molecule has 2 N–H and O–H groups in total. The number of hydrogen-bond donors (Lipinski definition) is 2. The maximum Gasteiger partial charge on any atom is 0.329 e. The Hall–Kier alpha value is -6.14. The highest BCUT2D eigenvalue weighted by Gasteiger charge is 2.40. The third-order valence-corrected chi connectivity index (χ3v) is 13.1. The van der Waals surface area contributed by atoms with E-state index < -0.39 is 36.2 Å². The van der Waals surface area contributed by atoms with Crippen LogP contribution in [0, 0.1) is 5.92 Å². The fourth-order valence-electron chi connectivity index (χ4n) is 9.87. The molecule has 4 saturated heterocycles. The number of para-hydroxylation sites is 1. The average molecular weight is 848 g/mol. The predicted molar refractivity (Wildman–Crippen MR) is 226 cm³/mol. The molecule has 62 heavy (non-hydrogen) atoms. The van der Waals surface area contributed by atoms with Gasteiger partial charge in [0.1, 0.15) is 23.1 Å². The number of halogens is 2. The quantitative estimate of drug-likeness (QED) is 0.186. The van der Waals surface area contributed by atoms with Crippen molar-refractivity contribution in [3.8, 4) is 0 Å². The van der Waals surface area contributed by atoms with Gasteiger partial charge in [0, 0.05) is 32.8 Å². The monoisotopic (exact) mass is 847 g/mol. The van der Waals surface area contributed by atoms with Crippen LogP contribution in [0.25, 0.3) is 16.7 Å². The van der Waals surface area contributed by atoms with Crippen LogP contribution in [0.1, 0.15) is 84.2 Å². The van der Waals surface area contributed by atoms with Gasteiger partial charge in [0.05, 0.1) is 36.0 Å². The van der Waals surface area contributed by atoms with E-state index >= 15 is 0 Å². The first-order valence-corrected chi connectivity index (χ1v) is 21.4. The van der Waals surface area contributed by atoms with Crippen molar-refractivity contribution in [1.82, 2.24) is 39.3 Å². The third-order valence-electron chi connectivity index (χ3n) is 13.1. The minimum absolute atomic E-state index is 0.143. The molecule has 0 radical (unpaired) electrons. The lowest BCUT2D eigenvalue weighted by molar-refractivity contribution is -0.135. The van der Waals surface area contributed by atoms with Gasteiger partial charge in [-0.15, -0.1) is 0 Å². The van der Waals surface area contributed by atoms with Crippen LogP contribution in [0.3, 0.4) is 0 Å². The lowest BCUT2D eigenvalue weighted by atomic mass is 9.90. The molecule has 18 heteroatoms. The number of morpholine rings is 1. The Morgan fingerprint density at radius 3 is 2.60 bits per heavy atom. The van der Waals surface area contributed by atoms with Crippen molar-refractivity contribution >= 4 is 51.8 Å². The Morgan fingerprint density at radius 2 is 1.85 bits per heavy atom. The number of aliphatic imine (C=N–C) groups is 2. The minimum Gasteiger partial charge on any atom is -0.374 e. The van der Waals surface area contributed by atoms with Gasteiger partial charge in [0.25, 0.3) is 12.3 Å². The Bertz CT molecular complexity index is 2700. The summed E-state index contributed by atoms with van der Waals surface area (Å²) in [6.07, 6.45) is 5.87. The van der Waals surface area contributed by atoms with Crippen LogP contribution < -0.4 is 21.2 Å². The second kappa shape index (κ2) is 16.3. The fraction of sp³-hybridized carbons (Fsp3) is 0.455. The maximum absolute atomic E-state index is 14.2. The number of imide groups is 1. The zero-order valence-corrected chi connectivity index (χ0v) is 34.3. The maximum atomic E-state index is 14.2. The number of aryl methyl sites for hydroxylation is 2. The molecule has 5 aromatic rings. The molecule has 5 aliphatic rings. The molecule has 4 fully saturated rings. The van der Waals surface area contributed by atoms with E-state index in [0.717, 1.165) is 81.3 Å². The molecule has 10 rings (SSSR count). The van der Waals surface area contributed by atoms with Crippen LogP contribution in [-0.2, 0) is 34.3 Å².